The number of rotatable bonds is 12. The summed E-state index contributed by atoms with van der Waals surface area (Å²) in [4.78, 5) is 22.5. The molecular formula is C27H39ClN4O3S2. The lowest BCUT2D eigenvalue weighted by molar-refractivity contribution is 0.0986. The zero-order valence-corrected chi connectivity index (χ0v) is 25.1. The number of nitrogens with zero attached hydrogens (tertiary/aromatic N) is 4. The first-order valence-corrected chi connectivity index (χ1v) is 14.8. The molecule has 0 aliphatic rings. The lowest BCUT2D eigenvalue weighted by Crippen LogP contribution is -2.34. The van der Waals surface area contributed by atoms with E-state index in [1.54, 1.807) is 29.2 Å². The molecular weight excluding hydrogens is 528 g/mol. The van der Waals surface area contributed by atoms with Gasteiger partial charge < -0.3 is 4.90 Å². The smallest absolute Gasteiger partial charge is 0.260 e. The number of unbranched alkanes of at least 4 members (excludes halogenated alkanes) is 1. The zero-order valence-electron chi connectivity index (χ0n) is 22.7. The van der Waals surface area contributed by atoms with Crippen LogP contribution in [0, 0.1) is 13.8 Å². The van der Waals surface area contributed by atoms with Gasteiger partial charge in [0.15, 0.2) is 5.13 Å². The van der Waals surface area contributed by atoms with Crippen molar-refractivity contribution in [2.24, 2.45) is 0 Å². The molecule has 10 heteroatoms. The van der Waals surface area contributed by atoms with Gasteiger partial charge in [0.25, 0.3) is 5.91 Å². The van der Waals surface area contributed by atoms with Crippen molar-refractivity contribution >= 4 is 55.0 Å². The van der Waals surface area contributed by atoms with Crippen LogP contribution in [-0.2, 0) is 10.0 Å². The van der Waals surface area contributed by atoms with Gasteiger partial charge >= 0.3 is 0 Å². The lowest BCUT2D eigenvalue weighted by Gasteiger charge is -2.22. The standard InChI is InChI=1S/C27H38N4O3S2.ClH/c1-7-9-16-30(8-2)36(33,34)23-13-11-22(12-14-23)26(32)31(17-10-15-29(5)6)27-28-25-21(4)18-20(3)19-24(25)35-27;/h11-14,18-19H,7-10,15-17H2,1-6H3;1H. The number of hydrogen-bond donors (Lipinski definition) is 0. The van der Waals surface area contributed by atoms with Gasteiger partial charge in [0.05, 0.1) is 15.1 Å². The molecule has 0 spiro atoms. The minimum absolute atomic E-state index is 0. The third kappa shape index (κ3) is 7.51. The van der Waals surface area contributed by atoms with Gasteiger partial charge in [-0.05, 0) is 88.8 Å². The van der Waals surface area contributed by atoms with Crippen LogP contribution in [0.25, 0.3) is 10.2 Å². The van der Waals surface area contributed by atoms with Crippen LogP contribution in [0.1, 0.15) is 54.6 Å². The second-order valence-electron chi connectivity index (χ2n) is 9.41. The van der Waals surface area contributed by atoms with E-state index in [2.05, 4.69) is 24.0 Å². The molecule has 0 atom stereocenters. The highest BCUT2D eigenvalue weighted by Crippen LogP contribution is 2.32. The van der Waals surface area contributed by atoms with Crippen LogP contribution in [0.3, 0.4) is 0 Å². The summed E-state index contributed by atoms with van der Waals surface area (Å²) < 4.78 is 28.7. The van der Waals surface area contributed by atoms with E-state index >= 15 is 0 Å². The van der Waals surface area contributed by atoms with Crippen molar-refractivity contribution in [3.05, 3.63) is 53.1 Å². The van der Waals surface area contributed by atoms with Crippen LogP contribution in [0.15, 0.2) is 41.3 Å². The second-order valence-corrected chi connectivity index (χ2v) is 12.4. The first-order chi connectivity index (χ1) is 17.1. The Morgan fingerprint density at radius 1 is 0.973 bits per heavy atom. The van der Waals surface area contributed by atoms with Crippen LogP contribution < -0.4 is 4.90 Å². The number of carbonyl (C=O) groups is 1. The monoisotopic (exact) mass is 566 g/mol. The molecule has 1 aromatic heterocycles. The maximum Gasteiger partial charge on any atom is 0.260 e. The number of sulfonamides is 1. The molecule has 0 unspecified atom stereocenters. The number of amides is 1. The molecule has 1 heterocycles. The molecule has 0 saturated carbocycles. The van der Waals surface area contributed by atoms with E-state index in [9.17, 15) is 13.2 Å². The number of aryl methyl sites for hydroxylation is 2. The van der Waals surface area contributed by atoms with Gasteiger partial charge in [-0.3, -0.25) is 9.69 Å². The van der Waals surface area contributed by atoms with Gasteiger partial charge in [-0.25, -0.2) is 13.4 Å². The van der Waals surface area contributed by atoms with Crippen LogP contribution in [0.4, 0.5) is 5.13 Å². The van der Waals surface area contributed by atoms with Crippen LogP contribution in [0.2, 0.25) is 0 Å². The minimum atomic E-state index is -3.60. The van der Waals surface area contributed by atoms with Gasteiger partial charge in [0, 0.05) is 25.2 Å². The SMILES string of the molecule is CCCCN(CC)S(=O)(=O)c1ccc(C(=O)N(CCCN(C)C)c2nc3c(C)cc(C)cc3s2)cc1.Cl. The molecule has 3 rings (SSSR count). The number of fused-ring (bicyclic) bond motifs is 1. The largest absolute Gasteiger partial charge is 0.309 e. The number of hydrogen-bond acceptors (Lipinski definition) is 6. The quantitative estimate of drug-likeness (QED) is 0.279. The van der Waals surface area contributed by atoms with Crippen molar-refractivity contribution in [2.75, 3.05) is 45.2 Å². The number of aromatic nitrogens is 1. The number of halogens is 1. The Labute approximate surface area is 231 Å². The Balaban J connectivity index is 0.00000481. The number of benzene rings is 2. The van der Waals surface area contributed by atoms with E-state index in [-0.39, 0.29) is 23.2 Å². The average Bonchev–Trinajstić information content (AvgIpc) is 3.25. The summed E-state index contributed by atoms with van der Waals surface area (Å²) >= 11 is 1.52. The molecule has 7 nitrogen and oxygen atoms in total. The molecule has 0 aliphatic heterocycles. The van der Waals surface area contributed by atoms with Gasteiger partial charge in [-0.1, -0.05) is 37.7 Å². The molecule has 0 N–H and O–H groups in total. The fourth-order valence-corrected chi connectivity index (χ4v) is 6.81. The lowest BCUT2D eigenvalue weighted by atomic mass is 10.1. The summed E-state index contributed by atoms with van der Waals surface area (Å²) in [6, 6.07) is 10.5. The van der Waals surface area contributed by atoms with Crippen LogP contribution in [-0.4, -0.2) is 68.8 Å². The maximum atomic E-state index is 13.7. The maximum absolute atomic E-state index is 13.7. The van der Waals surface area contributed by atoms with Crippen molar-refractivity contribution < 1.29 is 13.2 Å². The van der Waals surface area contributed by atoms with Crippen LogP contribution >= 0.6 is 23.7 Å². The molecule has 37 heavy (non-hydrogen) atoms. The molecule has 2 aromatic carbocycles. The summed E-state index contributed by atoms with van der Waals surface area (Å²) in [5, 5.41) is 0.663. The number of thiazole rings is 1. The minimum Gasteiger partial charge on any atom is -0.309 e. The summed E-state index contributed by atoms with van der Waals surface area (Å²) in [7, 11) is 0.423. The third-order valence-electron chi connectivity index (χ3n) is 6.13. The van der Waals surface area contributed by atoms with Crippen molar-refractivity contribution in [1.82, 2.24) is 14.2 Å². The molecule has 204 valence electrons. The summed E-state index contributed by atoms with van der Waals surface area (Å²) in [5.74, 6) is -0.176. The molecule has 0 saturated heterocycles. The van der Waals surface area contributed by atoms with Gasteiger partial charge in [-0.15, -0.1) is 12.4 Å². The molecule has 1 amide bonds. The van der Waals surface area contributed by atoms with E-state index < -0.39 is 10.0 Å². The normalized spacial score (nSPS) is 11.8. The van der Waals surface area contributed by atoms with Gasteiger partial charge in [0.1, 0.15) is 0 Å². The molecule has 0 aliphatic carbocycles. The molecule has 0 radical (unpaired) electrons. The van der Waals surface area contributed by atoms with E-state index in [0.29, 0.717) is 30.3 Å². The first-order valence-electron chi connectivity index (χ1n) is 12.5. The zero-order chi connectivity index (χ0) is 26.5. The topological polar surface area (TPSA) is 73.8 Å². The van der Waals surface area contributed by atoms with E-state index in [4.69, 9.17) is 4.98 Å². The predicted octanol–water partition coefficient (Wildman–Crippen LogP) is 5.74. The van der Waals surface area contributed by atoms with Gasteiger partial charge in [0.2, 0.25) is 10.0 Å². The highest BCUT2D eigenvalue weighted by Gasteiger charge is 2.25. The van der Waals surface area contributed by atoms with Crippen molar-refractivity contribution in [2.45, 2.75) is 51.9 Å². The van der Waals surface area contributed by atoms with E-state index in [0.717, 1.165) is 47.2 Å². The fourth-order valence-electron chi connectivity index (χ4n) is 4.16. The molecule has 0 fully saturated rings. The van der Waals surface area contributed by atoms with Crippen molar-refractivity contribution in [3.63, 3.8) is 0 Å². The Morgan fingerprint density at radius 2 is 1.65 bits per heavy atom. The summed E-state index contributed by atoms with van der Waals surface area (Å²) in [6.45, 7) is 10.3. The van der Waals surface area contributed by atoms with E-state index in [1.165, 1.54) is 15.6 Å². The van der Waals surface area contributed by atoms with Crippen LogP contribution in [0.5, 0.6) is 0 Å². The fraction of sp³-hybridized carbons (Fsp3) is 0.481. The third-order valence-corrected chi connectivity index (χ3v) is 9.15. The Hall–Kier alpha value is -2.04. The molecule has 3 aromatic rings. The first kappa shape index (κ1) is 31.2. The highest BCUT2D eigenvalue weighted by molar-refractivity contribution is 7.89. The van der Waals surface area contributed by atoms with Gasteiger partial charge in [-0.2, -0.15) is 4.31 Å². The van der Waals surface area contributed by atoms with Crippen molar-refractivity contribution in [1.29, 1.82) is 0 Å². The number of carbonyl (C=O) groups excluding carboxylic acids is 1. The van der Waals surface area contributed by atoms with Crippen molar-refractivity contribution in [3.8, 4) is 0 Å². The Kier molecular flexibility index (Phi) is 11.5. The molecule has 0 bridgehead atoms. The Morgan fingerprint density at radius 3 is 2.24 bits per heavy atom. The number of anilines is 1. The predicted molar refractivity (Wildman–Crippen MR) is 157 cm³/mol. The Bertz CT molecular complexity index is 1290. The average molecular weight is 567 g/mol. The highest BCUT2D eigenvalue weighted by atomic mass is 35.5. The second kappa shape index (κ2) is 13.7. The van der Waals surface area contributed by atoms with E-state index in [1.807, 2.05) is 34.9 Å². The summed E-state index contributed by atoms with van der Waals surface area (Å²) in [6.07, 6.45) is 2.53. The summed E-state index contributed by atoms with van der Waals surface area (Å²) in [5.41, 5.74) is 3.62.